The minimum Gasteiger partial charge on any atom is -0.384 e. The van der Waals surface area contributed by atoms with Crippen molar-refractivity contribution >= 4 is 17.6 Å². The first kappa shape index (κ1) is 9.39. The van der Waals surface area contributed by atoms with Gasteiger partial charge in [-0.3, -0.25) is 0 Å². The maximum Gasteiger partial charge on any atom is 0.124 e. The van der Waals surface area contributed by atoms with Crippen molar-refractivity contribution in [2.24, 2.45) is 0 Å². The van der Waals surface area contributed by atoms with E-state index in [1.54, 1.807) is 17.8 Å². The van der Waals surface area contributed by atoms with Crippen molar-refractivity contribution in [3.8, 4) is 0 Å². The summed E-state index contributed by atoms with van der Waals surface area (Å²) in [6, 6.07) is 5.70. The summed E-state index contributed by atoms with van der Waals surface area (Å²) in [5.74, 6) is 0.587. The molecule has 3 heteroatoms. The van der Waals surface area contributed by atoms with Crippen LogP contribution in [0.4, 0.5) is 5.82 Å². The van der Waals surface area contributed by atoms with Crippen LogP contribution >= 0.6 is 11.8 Å². The number of nitrogens with two attached hydrogens (primary N) is 1. The fraction of sp³-hybridized carbons (Fsp3) is 0.444. The normalized spacial score (nSPS) is 11.6. The Morgan fingerprint density at radius 1 is 1.33 bits per heavy atom. The Balaban J connectivity index is 2.77. The summed E-state index contributed by atoms with van der Waals surface area (Å²) in [4.78, 5) is 4.20. The summed E-state index contributed by atoms with van der Waals surface area (Å²) in [5.41, 5.74) is 5.55. The highest BCUT2D eigenvalue weighted by Gasteiger charge is 2.12. The Morgan fingerprint density at radius 2 is 2.00 bits per heavy atom. The number of nitrogens with zero attached hydrogens (tertiary/aromatic N) is 1. The van der Waals surface area contributed by atoms with Gasteiger partial charge in [0.2, 0.25) is 0 Å². The van der Waals surface area contributed by atoms with Crippen molar-refractivity contribution in [3.05, 3.63) is 18.2 Å². The van der Waals surface area contributed by atoms with Crippen LogP contribution in [0.1, 0.15) is 20.8 Å². The van der Waals surface area contributed by atoms with Crippen LogP contribution in [0.25, 0.3) is 0 Å². The molecule has 0 amide bonds. The lowest BCUT2D eigenvalue weighted by Crippen LogP contribution is -2.07. The highest BCUT2D eigenvalue weighted by atomic mass is 32.2. The molecule has 0 unspecified atom stereocenters. The van der Waals surface area contributed by atoms with Crippen LogP contribution < -0.4 is 5.73 Å². The molecule has 1 aromatic rings. The molecule has 0 aromatic carbocycles. The Morgan fingerprint density at radius 3 is 2.50 bits per heavy atom. The van der Waals surface area contributed by atoms with E-state index in [0.717, 1.165) is 5.03 Å². The Bertz CT molecular complexity index is 265. The molecule has 2 nitrogen and oxygen atoms in total. The van der Waals surface area contributed by atoms with Crippen molar-refractivity contribution in [1.29, 1.82) is 0 Å². The first-order valence-electron chi connectivity index (χ1n) is 3.89. The molecule has 1 aromatic heterocycles. The van der Waals surface area contributed by atoms with Gasteiger partial charge in [0.05, 0.1) is 5.03 Å². The largest absolute Gasteiger partial charge is 0.384 e. The fourth-order valence-electron chi connectivity index (χ4n) is 0.801. The van der Waals surface area contributed by atoms with Crippen molar-refractivity contribution in [1.82, 2.24) is 4.98 Å². The molecule has 0 spiro atoms. The zero-order valence-corrected chi connectivity index (χ0v) is 8.48. The van der Waals surface area contributed by atoms with Crippen LogP contribution in [0.5, 0.6) is 0 Å². The van der Waals surface area contributed by atoms with Crippen molar-refractivity contribution in [3.63, 3.8) is 0 Å². The Kier molecular flexibility index (Phi) is 2.62. The smallest absolute Gasteiger partial charge is 0.124 e. The first-order valence-corrected chi connectivity index (χ1v) is 4.70. The SMILES string of the molecule is CC(C)(C)Sc1cccc(N)n1. The summed E-state index contributed by atoms with van der Waals surface area (Å²) >= 11 is 1.72. The molecule has 0 fully saturated rings. The van der Waals surface area contributed by atoms with Crippen LogP contribution in [0, 0.1) is 0 Å². The molecule has 66 valence electrons. The van der Waals surface area contributed by atoms with Crippen molar-refractivity contribution < 1.29 is 0 Å². The monoisotopic (exact) mass is 182 g/mol. The van der Waals surface area contributed by atoms with E-state index in [0.29, 0.717) is 5.82 Å². The lowest BCUT2D eigenvalue weighted by Gasteiger charge is -2.16. The zero-order chi connectivity index (χ0) is 9.19. The number of rotatable bonds is 1. The number of nitrogen functional groups attached to an aromatic ring is 1. The molecule has 2 N–H and O–H groups in total. The van der Waals surface area contributed by atoms with Crippen LogP contribution in [0.3, 0.4) is 0 Å². The van der Waals surface area contributed by atoms with Crippen molar-refractivity contribution in [2.45, 2.75) is 30.5 Å². The molecule has 0 atom stereocenters. The topological polar surface area (TPSA) is 38.9 Å². The molecule has 0 saturated heterocycles. The van der Waals surface area contributed by atoms with Crippen LogP contribution in [0.15, 0.2) is 23.2 Å². The first-order chi connectivity index (χ1) is 5.47. The highest BCUT2D eigenvalue weighted by molar-refractivity contribution is 8.00. The van der Waals surface area contributed by atoms with Gasteiger partial charge in [-0.25, -0.2) is 4.98 Å². The van der Waals surface area contributed by atoms with Crippen LogP contribution in [0.2, 0.25) is 0 Å². The number of aromatic nitrogens is 1. The lowest BCUT2D eigenvalue weighted by atomic mass is 10.3. The second-order valence-corrected chi connectivity index (χ2v) is 5.46. The molecule has 12 heavy (non-hydrogen) atoms. The summed E-state index contributed by atoms with van der Waals surface area (Å²) in [7, 11) is 0. The Hall–Kier alpha value is -0.700. The zero-order valence-electron chi connectivity index (χ0n) is 7.66. The van der Waals surface area contributed by atoms with Gasteiger partial charge in [0.15, 0.2) is 0 Å². The van der Waals surface area contributed by atoms with E-state index in [-0.39, 0.29) is 4.75 Å². The van der Waals surface area contributed by atoms with Gasteiger partial charge in [-0.1, -0.05) is 26.8 Å². The molecule has 0 aliphatic carbocycles. The van der Waals surface area contributed by atoms with E-state index in [1.807, 2.05) is 12.1 Å². The number of thioether (sulfide) groups is 1. The molecular weight excluding hydrogens is 168 g/mol. The quantitative estimate of drug-likeness (QED) is 0.678. The average Bonchev–Trinajstić information content (AvgIpc) is 1.82. The maximum atomic E-state index is 5.55. The van der Waals surface area contributed by atoms with Crippen LogP contribution in [-0.4, -0.2) is 9.73 Å². The number of pyridine rings is 1. The fourth-order valence-corrected chi connectivity index (χ4v) is 1.73. The van der Waals surface area contributed by atoms with E-state index in [4.69, 9.17) is 5.73 Å². The van der Waals surface area contributed by atoms with E-state index in [9.17, 15) is 0 Å². The summed E-state index contributed by atoms with van der Waals surface area (Å²) in [6.07, 6.45) is 0. The second-order valence-electron chi connectivity index (χ2n) is 3.62. The Labute approximate surface area is 77.6 Å². The molecule has 0 radical (unpaired) electrons. The van der Waals surface area contributed by atoms with Crippen molar-refractivity contribution in [2.75, 3.05) is 5.73 Å². The number of hydrogen-bond donors (Lipinski definition) is 1. The molecular formula is C9H14N2S. The third-order valence-corrected chi connectivity index (χ3v) is 2.20. The van der Waals surface area contributed by atoms with Gasteiger partial charge in [-0.2, -0.15) is 0 Å². The summed E-state index contributed by atoms with van der Waals surface area (Å²) in [5, 5.41) is 0.988. The van der Waals surface area contributed by atoms with Gasteiger partial charge in [-0.15, -0.1) is 11.8 Å². The van der Waals surface area contributed by atoms with Gasteiger partial charge >= 0.3 is 0 Å². The van der Waals surface area contributed by atoms with E-state index in [2.05, 4.69) is 25.8 Å². The van der Waals surface area contributed by atoms with E-state index < -0.39 is 0 Å². The average molecular weight is 182 g/mol. The standard InChI is InChI=1S/C9H14N2S/c1-9(2,3)12-8-6-4-5-7(10)11-8/h4-6H,1-3H3,(H2,10,11). The van der Waals surface area contributed by atoms with E-state index >= 15 is 0 Å². The third kappa shape index (κ3) is 3.13. The lowest BCUT2D eigenvalue weighted by molar-refractivity contribution is 0.799. The van der Waals surface area contributed by atoms with Gasteiger partial charge in [0, 0.05) is 4.75 Å². The molecule has 0 saturated carbocycles. The predicted octanol–water partition coefficient (Wildman–Crippen LogP) is 2.55. The molecule has 0 aliphatic heterocycles. The predicted molar refractivity (Wildman–Crippen MR) is 54.3 cm³/mol. The second kappa shape index (κ2) is 3.35. The van der Waals surface area contributed by atoms with Crippen LogP contribution in [-0.2, 0) is 0 Å². The molecule has 1 rings (SSSR count). The van der Waals surface area contributed by atoms with Gasteiger partial charge in [-0.05, 0) is 12.1 Å². The number of anilines is 1. The minimum atomic E-state index is 0.195. The third-order valence-electron chi connectivity index (χ3n) is 1.16. The summed E-state index contributed by atoms with van der Waals surface area (Å²) in [6.45, 7) is 6.47. The number of hydrogen-bond acceptors (Lipinski definition) is 3. The maximum absolute atomic E-state index is 5.55. The van der Waals surface area contributed by atoms with Gasteiger partial charge < -0.3 is 5.73 Å². The molecule has 1 heterocycles. The van der Waals surface area contributed by atoms with Gasteiger partial charge in [0.1, 0.15) is 5.82 Å². The molecule has 0 bridgehead atoms. The minimum absolute atomic E-state index is 0.195. The highest BCUT2D eigenvalue weighted by Crippen LogP contribution is 2.30. The van der Waals surface area contributed by atoms with Gasteiger partial charge in [0.25, 0.3) is 0 Å². The molecule has 0 aliphatic rings. The van der Waals surface area contributed by atoms with E-state index in [1.165, 1.54) is 0 Å². The summed E-state index contributed by atoms with van der Waals surface area (Å²) < 4.78 is 0.195.